The molecule has 3 heteroatoms. The number of ether oxygens (including phenoxy) is 1. The fourth-order valence-electron chi connectivity index (χ4n) is 3.25. The van der Waals surface area contributed by atoms with Crippen LogP contribution in [0.2, 0.25) is 0 Å². The quantitative estimate of drug-likeness (QED) is 0.789. The summed E-state index contributed by atoms with van der Waals surface area (Å²) in [6, 6.07) is 10.8. The molecule has 1 aliphatic heterocycles. The number of carbonyl (C=O) groups is 1. The second kappa shape index (κ2) is 5.96. The molecular formula is C17H25NO2. The third-order valence-electron chi connectivity index (χ3n) is 4.42. The van der Waals surface area contributed by atoms with Crippen molar-refractivity contribution >= 4 is 5.97 Å². The van der Waals surface area contributed by atoms with Crippen molar-refractivity contribution in [3.05, 3.63) is 35.9 Å². The Morgan fingerprint density at radius 2 is 2.05 bits per heavy atom. The lowest BCUT2D eigenvalue weighted by Crippen LogP contribution is -2.45. The highest BCUT2D eigenvalue weighted by Gasteiger charge is 2.49. The summed E-state index contributed by atoms with van der Waals surface area (Å²) in [6.45, 7) is 9.37. The number of rotatable bonds is 4. The van der Waals surface area contributed by atoms with Crippen molar-refractivity contribution in [2.75, 3.05) is 6.54 Å². The Labute approximate surface area is 121 Å². The predicted molar refractivity (Wildman–Crippen MR) is 80.4 cm³/mol. The molecule has 20 heavy (non-hydrogen) atoms. The summed E-state index contributed by atoms with van der Waals surface area (Å²) in [5.41, 5.74) is 0.607. The summed E-state index contributed by atoms with van der Waals surface area (Å²) in [7, 11) is 0. The van der Waals surface area contributed by atoms with Gasteiger partial charge < -0.3 is 4.74 Å². The third-order valence-corrected chi connectivity index (χ3v) is 4.42. The SMILES string of the molecule is CCC(=O)OC1(c2ccccc2)CCN(C(C)C)C1C. The van der Waals surface area contributed by atoms with Crippen molar-refractivity contribution in [2.45, 2.75) is 58.2 Å². The molecule has 1 aliphatic rings. The minimum Gasteiger partial charge on any atom is -0.452 e. The van der Waals surface area contributed by atoms with Crippen LogP contribution in [0.3, 0.4) is 0 Å². The number of carbonyl (C=O) groups excluding carboxylic acids is 1. The smallest absolute Gasteiger partial charge is 0.306 e. The number of likely N-dealkylation sites (tertiary alicyclic amines) is 1. The van der Waals surface area contributed by atoms with Crippen molar-refractivity contribution in [1.82, 2.24) is 4.90 Å². The number of benzene rings is 1. The zero-order chi connectivity index (χ0) is 14.8. The molecule has 0 aromatic heterocycles. The van der Waals surface area contributed by atoms with Gasteiger partial charge in [0, 0.05) is 25.4 Å². The molecule has 1 heterocycles. The van der Waals surface area contributed by atoms with E-state index in [1.807, 2.05) is 25.1 Å². The van der Waals surface area contributed by atoms with Crippen LogP contribution in [0, 0.1) is 0 Å². The van der Waals surface area contributed by atoms with E-state index < -0.39 is 5.60 Å². The van der Waals surface area contributed by atoms with E-state index in [-0.39, 0.29) is 12.0 Å². The first-order chi connectivity index (χ1) is 9.51. The van der Waals surface area contributed by atoms with Gasteiger partial charge in [0.2, 0.25) is 0 Å². The van der Waals surface area contributed by atoms with Gasteiger partial charge in [-0.3, -0.25) is 9.69 Å². The lowest BCUT2D eigenvalue weighted by atomic mass is 9.86. The van der Waals surface area contributed by atoms with Crippen molar-refractivity contribution in [1.29, 1.82) is 0 Å². The van der Waals surface area contributed by atoms with Crippen molar-refractivity contribution in [3.8, 4) is 0 Å². The fourth-order valence-corrected chi connectivity index (χ4v) is 3.25. The van der Waals surface area contributed by atoms with Crippen LogP contribution in [0.4, 0.5) is 0 Å². The average molecular weight is 275 g/mol. The number of hydrogen-bond acceptors (Lipinski definition) is 3. The average Bonchev–Trinajstić information content (AvgIpc) is 2.78. The van der Waals surface area contributed by atoms with Crippen LogP contribution < -0.4 is 0 Å². The molecule has 0 radical (unpaired) electrons. The normalized spacial score (nSPS) is 26.9. The van der Waals surface area contributed by atoms with E-state index in [0.717, 1.165) is 18.5 Å². The molecule has 1 aromatic rings. The van der Waals surface area contributed by atoms with Crippen LogP contribution in [0.5, 0.6) is 0 Å². The van der Waals surface area contributed by atoms with Crippen LogP contribution in [-0.4, -0.2) is 29.5 Å². The Morgan fingerprint density at radius 3 is 2.55 bits per heavy atom. The van der Waals surface area contributed by atoms with Crippen LogP contribution in [0.1, 0.15) is 46.1 Å². The molecule has 1 fully saturated rings. The molecular weight excluding hydrogens is 250 g/mol. The van der Waals surface area contributed by atoms with Crippen molar-refractivity contribution in [2.24, 2.45) is 0 Å². The summed E-state index contributed by atoms with van der Waals surface area (Å²) < 4.78 is 5.95. The van der Waals surface area contributed by atoms with Gasteiger partial charge in [-0.25, -0.2) is 0 Å². The lowest BCUT2D eigenvalue weighted by molar-refractivity contribution is -0.163. The van der Waals surface area contributed by atoms with Gasteiger partial charge in [0.25, 0.3) is 0 Å². The molecule has 0 saturated carbocycles. The lowest BCUT2D eigenvalue weighted by Gasteiger charge is -2.37. The molecule has 2 unspecified atom stereocenters. The van der Waals surface area contributed by atoms with Gasteiger partial charge in [-0.2, -0.15) is 0 Å². The monoisotopic (exact) mass is 275 g/mol. The Morgan fingerprint density at radius 1 is 1.40 bits per heavy atom. The highest BCUT2D eigenvalue weighted by molar-refractivity contribution is 5.70. The predicted octanol–water partition coefficient (Wildman–Crippen LogP) is 3.34. The van der Waals surface area contributed by atoms with E-state index in [0.29, 0.717) is 12.5 Å². The molecule has 0 N–H and O–H groups in total. The van der Waals surface area contributed by atoms with Gasteiger partial charge in [-0.1, -0.05) is 37.3 Å². The van der Waals surface area contributed by atoms with Gasteiger partial charge in [-0.05, 0) is 26.3 Å². The molecule has 0 amide bonds. The van der Waals surface area contributed by atoms with Gasteiger partial charge in [0.15, 0.2) is 5.60 Å². The summed E-state index contributed by atoms with van der Waals surface area (Å²) in [6.07, 6.45) is 1.28. The largest absolute Gasteiger partial charge is 0.452 e. The number of nitrogens with zero attached hydrogens (tertiary/aromatic N) is 1. The fraction of sp³-hybridized carbons (Fsp3) is 0.588. The Kier molecular flexibility index (Phi) is 4.48. The van der Waals surface area contributed by atoms with Crippen molar-refractivity contribution in [3.63, 3.8) is 0 Å². The first-order valence-electron chi connectivity index (χ1n) is 7.54. The topological polar surface area (TPSA) is 29.5 Å². The van der Waals surface area contributed by atoms with E-state index in [1.54, 1.807) is 0 Å². The summed E-state index contributed by atoms with van der Waals surface area (Å²) in [5, 5.41) is 0. The second-order valence-corrected chi connectivity index (χ2v) is 5.84. The minimum atomic E-state index is -0.501. The molecule has 0 spiro atoms. The molecule has 1 aromatic carbocycles. The molecule has 110 valence electrons. The summed E-state index contributed by atoms with van der Waals surface area (Å²) in [5.74, 6) is -0.119. The van der Waals surface area contributed by atoms with Crippen LogP contribution in [0.15, 0.2) is 30.3 Å². The number of esters is 1. The van der Waals surface area contributed by atoms with E-state index in [1.165, 1.54) is 0 Å². The van der Waals surface area contributed by atoms with Crippen LogP contribution in [-0.2, 0) is 15.1 Å². The summed E-state index contributed by atoms with van der Waals surface area (Å²) in [4.78, 5) is 14.3. The molecule has 1 saturated heterocycles. The number of hydrogen-bond donors (Lipinski definition) is 0. The van der Waals surface area contributed by atoms with E-state index >= 15 is 0 Å². The Bertz CT molecular complexity index is 457. The van der Waals surface area contributed by atoms with Gasteiger partial charge in [0.1, 0.15) is 0 Å². The summed E-state index contributed by atoms with van der Waals surface area (Å²) >= 11 is 0. The molecule has 0 bridgehead atoms. The van der Waals surface area contributed by atoms with Gasteiger partial charge >= 0.3 is 5.97 Å². The highest BCUT2D eigenvalue weighted by atomic mass is 16.6. The minimum absolute atomic E-state index is 0.119. The molecule has 2 rings (SSSR count). The maximum atomic E-state index is 11.9. The molecule has 0 aliphatic carbocycles. The van der Waals surface area contributed by atoms with Crippen molar-refractivity contribution < 1.29 is 9.53 Å². The second-order valence-electron chi connectivity index (χ2n) is 5.84. The third kappa shape index (κ3) is 2.59. The first-order valence-corrected chi connectivity index (χ1v) is 7.54. The Hall–Kier alpha value is -1.35. The van der Waals surface area contributed by atoms with Gasteiger partial charge in [-0.15, -0.1) is 0 Å². The van der Waals surface area contributed by atoms with Crippen LogP contribution >= 0.6 is 0 Å². The van der Waals surface area contributed by atoms with Gasteiger partial charge in [0.05, 0.1) is 6.04 Å². The standard InChI is InChI=1S/C17H25NO2/c1-5-16(19)20-17(15-9-7-6-8-10-15)11-12-18(13(2)3)14(17)4/h6-10,13-14H,5,11-12H2,1-4H3. The zero-order valence-corrected chi connectivity index (χ0v) is 12.9. The van der Waals surface area contributed by atoms with Crippen LogP contribution in [0.25, 0.3) is 0 Å². The molecule has 3 nitrogen and oxygen atoms in total. The maximum Gasteiger partial charge on any atom is 0.306 e. The zero-order valence-electron chi connectivity index (χ0n) is 12.9. The maximum absolute atomic E-state index is 11.9. The van der Waals surface area contributed by atoms with E-state index in [9.17, 15) is 4.79 Å². The Balaban J connectivity index is 2.38. The first kappa shape index (κ1) is 15.0. The molecule has 2 atom stereocenters. The van der Waals surface area contributed by atoms with E-state index in [4.69, 9.17) is 4.74 Å². The highest BCUT2D eigenvalue weighted by Crippen LogP contribution is 2.42. The van der Waals surface area contributed by atoms with E-state index in [2.05, 4.69) is 37.8 Å².